The SMILES string of the molecule is CCc1ccccc1N1CC(C(=O)Nc2cnc(-c3ccccc3)nc2)CC1=O. The van der Waals surface area contributed by atoms with Crippen molar-refractivity contribution in [2.75, 3.05) is 16.8 Å². The van der Waals surface area contributed by atoms with E-state index in [9.17, 15) is 9.59 Å². The molecule has 0 saturated carbocycles. The molecule has 0 spiro atoms. The Hall–Kier alpha value is -3.54. The van der Waals surface area contributed by atoms with E-state index in [4.69, 9.17) is 0 Å². The highest BCUT2D eigenvalue weighted by Gasteiger charge is 2.35. The summed E-state index contributed by atoms with van der Waals surface area (Å²) >= 11 is 0. The van der Waals surface area contributed by atoms with Crippen molar-refractivity contribution in [3.8, 4) is 11.4 Å². The number of nitrogens with one attached hydrogen (secondary N) is 1. The van der Waals surface area contributed by atoms with Crippen LogP contribution in [0.2, 0.25) is 0 Å². The van der Waals surface area contributed by atoms with E-state index in [-0.39, 0.29) is 18.2 Å². The predicted molar refractivity (Wildman–Crippen MR) is 112 cm³/mol. The van der Waals surface area contributed by atoms with Gasteiger partial charge >= 0.3 is 0 Å². The first-order valence-electron chi connectivity index (χ1n) is 9.72. The van der Waals surface area contributed by atoms with E-state index in [2.05, 4.69) is 22.2 Å². The van der Waals surface area contributed by atoms with Crippen LogP contribution in [0.1, 0.15) is 18.9 Å². The van der Waals surface area contributed by atoms with E-state index in [1.165, 1.54) is 0 Å². The van der Waals surface area contributed by atoms with Gasteiger partial charge in [0.05, 0.1) is 24.0 Å². The van der Waals surface area contributed by atoms with Crippen LogP contribution in [-0.4, -0.2) is 28.3 Å². The predicted octanol–water partition coefficient (Wildman–Crippen LogP) is 3.70. The summed E-state index contributed by atoms with van der Waals surface area (Å²) in [6, 6.07) is 17.5. The Labute approximate surface area is 169 Å². The van der Waals surface area contributed by atoms with Crippen molar-refractivity contribution in [3.05, 3.63) is 72.6 Å². The fourth-order valence-corrected chi connectivity index (χ4v) is 3.56. The lowest BCUT2D eigenvalue weighted by atomic mass is 10.1. The summed E-state index contributed by atoms with van der Waals surface area (Å²) in [5.41, 5.74) is 3.43. The van der Waals surface area contributed by atoms with Crippen LogP contribution < -0.4 is 10.2 Å². The summed E-state index contributed by atoms with van der Waals surface area (Å²) in [6.45, 7) is 2.44. The van der Waals surface area contributed by atoms with Crippen LogP contribution in [0.15, 0.2) is 67.0 Å². The number of aromatic nitrogens is 2. The van der Waals surface area contributed by atoms with Gasteiger partial charge in [0.2, 0.25) is 11.8 Å². The molecule has 1 aliphatic heterocycles. The minimum Gasteiger partial charge on any atom is -0.323 e. The quantitative estimate of drug-likeness (QED) is 0.726. The average Bonchev–Trinajstić information content (AvgIpc) is 3.16. The third-order valence-electron chi connectivity index (χ3n) is 5.11. The average molecular weight is 386 g/mol. The molecular weight excluding hydrogens is 364 g/mol. The second-order valence-corrected chi connectivity index (χ2v) is 7.04. The fraction of sp³-hybridized carbons (Fsp3) is 0.217. The summed E-state index contributed by atoms with van der Waals surface area (Å²) in [7, 11) is 0. The first-order valence-corrected chi connectivity index (χ1v) is 9.72. The van der Waals surface area contributed by atoms with Gasteiger partial charge in [-0.1, -0.05) is 55.5 Å². The maximum absolute atomic E-state index is 12.7. The second kappa shape index (κ2) is 8.22. The van der Waals surface area contributed by atoms with Gasteiger partial charge in [-0.3, -0.25) is 9.59 Å². The molecule has 2 aromatic carbocycles. The Kier molecular flexibility index (Phi) is 5.33. The topological polar surface area (TPSA) is 75.2 Å². The van der Waals surface area contributed by atoms with Crippen LogP contribution in [0.4, 0.5) is 11.4 Å². The lowest BCUT2D eigenvalue weighted by Gasteiger charge is -2.19. The van der Waals surface area contributed by atoms with Gasteiger partial charge in [0.25, 0.3) is 0 Å². The van der Waals surface area contributed by atoms with Crippen LogP contribution in [0.25, 0.3) is 11.4 Å². The molecule has 2 amide bonds. The number of carbonyl (C=O) groups is 2. The molecule has 2 heterocycles. The molecule has 0 aliphatic carbocycles. The molecule has 6 heteroatoms. The van der Waals surface area contributed by atoms with Crippen molar-refractivity contribution >= 4 is 23.2 Å². The molecule has 1 atom stereocenters. The Balaban J connectivity index is 1.43. The van der Waals surface area contributed by atoms with Crippen molar-refractivity contribution in [3.63, 3.8) is 0 Å². The zero-order valence-corrected chi connectivity index (χ0v) is 16.2. The summed E-state index contributed by atoms with van der Waals surface area (Å²) in [5.74, 6) is -0.0178. The Bertz CT molecular complexity index is 1020. The molecule has 0 radical (unpaired) electrons. The van der Waals surface area contributed by atoms with Gasteiger partial charge in [-0.2, -0.15) is 0 Å². The van der Waals surface area contributed by atoms with E-state index >= 15 is 0 Å². The van der Waals surface area contributed by atoms with Gasteiger partial charge in [0.15, 0.2) is 5.82 Å². The third-order valence-corrected chi connectivity index (χ3v) is 5.11. The van der Waals surface area contributed by atoms with Crippen molar-refractivity contribution < 1.29 is 9.59 Å². The van der Waals surface area contributed by atoms with E-state index < -0.39 is 5.92 Å². The fourth-order valence-electron chi connectivity index (χ4n) is 3.56. The number of para-hydroxylation sites is 1. The number of rotatable bonds is 5. The lowest BCUT2D eigenvalue weighted by molar-refractivity contribution is -0.122. The number of anilines is 2. The molecular formula is C23H22N4O2. The number of benzene rings is 2. The number of carbonyl (C=O) groups excluding carboxylic acids is 2. The van der Waals surface area contributed by atoms with Crippen molar-refractivity contribution in [1.29, 1.82) is 0 Å². The number of aryl methyl sites for hydroxylation is 1. The van der Waals surface area contributed by atoms with E-state index in [1.807, 2.05) is 54.6 Å². The highest BCUT2D eigenvalue weighted by Crippen LogP contribution is 2.29. The van der Waals surface area contributed by atoms with E-state index in [0.29, 0.717) is 18.1 Å². The maximum Gasteiger partial charge on any atom is 0.229 e. The monoisotopic (exact) mass is 386 g/mol. The molecule has 4 rings (SSSR count). The van der Waals surface area contributed by atoms with Crippen LogP contribution in [0.5, 0.6) is 0 Å². The molecule has 29 heavy (non-hydrogen) atoms. The van der Waals surface area contributed by atoms with Gasteiger partial charge in [-0.05, 0) is 18.1 Å². The van der Waals surface area contributed by atoms with Crippen LogP contribution in [0, 0.1) is 5.92 Å². The molecule has 3 aromatic rings. The third kappa shape index (κ3) is 4.01. The Morgan fingerprint density at radius 2 is 1.76 bits per heavy atom. The largest absolute Gasteiger partial charge is 0.323 e. The molecule has 1 unspecified atom stereocenters. The Morgan fingerprint density at radius 3 is 2.48 bits per heavy atom. The second-order valence-electron chi connectivity index (χ2n) is 7.04. The minimum atomic E-state index is -0.402. The first-order chi connectivity index (χ1) is 14.2. The maximum atomic E-state index is 12.7. The molecule has 0 bridgehead atoms. The van der Waals surface area contributed by atoms with E-state index in [1.54, 1.807) is 17.3 Å². The lowest BCUT2D eigenvalue weighted by Crippen LogP contribution is -2.28. The summed E-state index contributed by atoms with van der Waals surface area (Å²) in [5, 5.41) is 2.84. The van der Waals surface area contributed by atoms with Crippen molar-refractivity contribution in [1.82, 2.24) is 9.97 Å². The molecule has 1 aromatic heterocycles. The van der Waals surface area contributed by atoms with Crippen LogP contribution in [0.3, 0.4) is 0 Å². The summed E-state index contributed by atoms with van der Waals surface area (Å²) < 4.78 is 0. The van der Waals surface area contributed by atoms with Gasteiger partial charge in [-0.25, -0.2) is 9.97 Å². The molecule has 146 valence electrons. The van der Waals surface area contributed by atoms with Gasteiger partial charge in [0.1, 0.15) is 0 Å². The van der Waals surface area contributed by atoms with Crippen LogP contribution >= 0.6 is 0 Å². The highest BCUT2D eigenvalue weighted by molar-refractivity contribution is 6.03. The minimum absolute atomic E-state index is 0.0262. The van der Waals surface area contributed by atoms with Crippen molar-refractivity contribution in [2.45, 2.75) is 19.8 Å². The number of hydrogen-bond acceptors (Lipinski definition) is 4. The zero-order valence-electron chi connectivity index (χ0n) is 16.2. The molecule has 1 saturated heterocycles. The summed E-state index contributed by atoms with van der Waals surface area (Å²) in [4.78, 5) is 35.6. The summed E-state index contributed by atoms with van der Waals surface area (Å²) in [6.07, 6.45) is 4.22. The standard InChI is InChI=1S/C23H22N4O2/c1-2-16-8-6-7-11-20(16)27-15-18(12-21(27)28)23(29)26-19-13-24-22(25-14-19)17-9-4-3-5-10-17/h3-11,13-14,18H,2,12,15H2,1H3,(H,26,29). The number of nitrogens with zero attached hydrogens (tertiary/aromatic N) is 3. The Morgan fingerprint density at radius 1 is 1.07 bits per heavy atom. The molecule has 1 N–H and O–H groups in total. The molecule has 6 nitrogen and oxygen atoms in total. The van der Waals surface area contributed by atoms with Gasteiger partial charge < -0.3 is 10.2 Å². The number of hydrogen-bond donors (Lipinski definition) is 1. The zero-order chi connectivity index (χ0) is 20.2. The van der Waals surface area contributed by atoms with Gasteiger partial charge in [0, 0.05) is 24.2 Å². The molecule has 1 aliphatic rings. The van der Waals surface area contributed by atoms with Gasteiger partial charge in [-0.15, -0.1) is 0 Å². The number of amides is 2. The smallest absolute Gasteiger partial charge is 0.229 e. The molecule has 1 fully saturated rings. The van der Waals surface area contributed by atoms with Crippen molar-refractivity contribution in [2.24, 2.45) is 5.92 Å². The first kappa shape index (κ1) is 18.8. The van der Waals surface area contributed by atoms with E-state index in [0.717, 1.165) is 23.2 Å². The normalized spacial score (nSPS) is 16.1. The van der Waals surface area contributed by atoms with Crippen LogP contribution in [-0.2, 0) is 16.0 Å². The highest BCUT2D eigenvalue weighted by atomic mass is 16.2.